The molecule has 0 saturated carbocycles. The van der Waals surface area contributed by atoms with Crippen LogP contribution in [0.4, 0.5) is 0 Å². The maximum Gasteiger partial charge on any atom is 0.0490 e. The maximum atomic E-state index is 3.94. The number of nitrogens with zero attached hydrogens (tertiary/aromatic N) is 2. The van der Waals surface area contributed by atoms with Gasteiger partial charge in [0, 0.05) is 37.6 Å². The Labute approximate surface area is 121 Å². The number of H-pyrrole nitrogens is 1. The fraction of sp³-hybridized carbons (Fsp3) is 0.438. The summed E-state index contributed by atoms with van der Waals surface area (Å²) in [5.41, 5.74) is 3.79. The van der Waals surface area contributed by atoms with Gasteiger partial charge in [0.1, 0.15) is 0 Å². The van der Waals surface area contributed by atoms with E-state index < -0.39 is 0 Å². The van der Waals surface area contributed by atoms with Crippen LogP contribution in [0.3, 0.4) is 0 Å². The first-order chi connectivity index (χ1) is 9.65. The van der Waals surface area contributed by atoms with Gasteiger partial charge in [0.25, 0.3) is 0 Å². The van der Waals surface area contributed by atoms with E-state index in [9.17, 15) is 0 Å². The number of rotatable bonds is 7. The van der Waals surface area contributed by atoms with Crippen molar-refractivity contribution < 1.29 is 0 Å². The molecule has 0 radical (unpaired) electrons. The number of benzene rings is 1. The van der Waals surface area contributed by atoms with Crippen molar-refractivity contribution in [2.45, 2.75) is 39.5 Å². The molecular weight excluding hydrogens is 248 g/mol. The predicted molar refractivity (Wildman–Crippen MR) is 82.2 cm³/mol. The first-order valence-corrected chi connectivity index (χ1v) is 7.12. The number of nitrogens with one attached hydrogen (secondary N) is 2. The molecule has 2 rings (SSSR count). The van der Waals surface area contributed by atoms with Gasteiger partial charge in [0.2, 0.25) is 0 Å². The van der Waals surface area contributed by atoms with Crippen LogP contribution < -0.4 is 5.32 Å². The summed E-state index contributed by atoms with van der Waals surface area (Å²) in [4.78, 5) is 2.34. The molecule has 4 nitrogen and oxygen atoms in total. The summed E-state index contributed by atoms with van der Waals surface area (Å²) in [6, 6.07) is 11.3. The number of hydrogen-bond acceptors (Lipinski definition) is 3. The van der Waals surface area contributed by atoms with Crippen molar-refractivity contribution in [3.8, 4) is 0 Å². The molecular formula is C16H24N4. The van der Waals surface area contributed by atoms with Crippen molar-refractivity contribution in [2.75, 3.05) is 7.05 Å². The summed E-state index contributed by atoms with van der Waals surface area (Å²) in [5, 5.41) is 10.3. The van der Waals surface area contributed by atoms with Crippen LogP contribution in [0.5, 0.6) is 0 Å². The van der Waals surface area contributed by atoms with E-state index >= 15 is 0 Å². The monoisotopic (exact) mass is 272 g/mol. The highest BCUT2D eigenvalue weighted by Crippen LogP contribution is 2.09. The molecule has 0 aliphatic rings. The average Bonchev–Trinajstić information content (AvgIpc) is 2.92. The standard InChI is InChI=1S/C16H24N4/c1-13(2)20(3)12-15-6-4-5-14(9-15)10-17-11-16-7-8-18-19-16/h4-9,13,17H,10-12H2,1-3H3,(H,18,19). The molecule has 0 bridgehead atoms. The van der Waals surface area contributed by atoms with Gasteiger partial charge in [0.15, 0.2) is 0 Å². The maximum absolute atomic E-state index is 3.94. The zero-order chi connectivity index (χ0) is 14.4. The second-order valence-electron chi connectivity index (χ2n) is 5.51. The van der Waals surface area contributed by atoms with Gasteiger partial charge in [-0.2, -0.15) is 5.10 Å². The van der Waals surface area contributed by atoms with Crippen molar-refractivity contribution in [3.63, 3.8) is 0 Å². The molecule has 1 aromatic carbocycles. The Hall–Kier alpha value is -1.65. The predicted octanol–water partition coefficient (Wildman–Crippen LogP) is 2.54. The molecule has 2 N–H and O–H groups in total. The number of aromatic nitrogens is 2. The van der Waals surface area contributed by atoms with E-state index in [1.54, 1.807) is 6.20 Å². The zero-order valence-electron chi connectivity index (χ0n) is 12.6. The Morgan fingerprint density at radius 2 is 2.00 bits per heavy atom. The number of aromatic amines is 1. The molecule has 1 heterocycles. The third kappa shape index (κ3) is 4.47. The second-order valence-corrected chi connectivity index (χ2v) is 5.51. The summed E-state index contributed by atoms with van der Waals surface area (Å²) in [6.07, 6.45) is 1.78. The average molecular weight is 272 g/mol. The Kier molecular flexibility index (Phi) is 5.32. The second kappa shape index (κ2) is 7.22. The molecule has 0 aliphatic heterocycles. The minimum atomic E-state index is 0.567. The van der Waals surface area contributed by atoms with Crippen LogP contribution in [-0.2, 0) is 19.6 Å². The van der Waals surface area contributed by atoms with E-state index in [1.807, 2.05) is 6.07 Å². The summed E-state index contributed by atoms with van der Waals surface area (Å²) in [7, 11) is 2.16. The van der Waals surface area contributed by atoms with Gasteiger partial charge in [-0.3, -0.25) is 10.00 Å². The van der Waals surface area contributed by atoms with Crippen molar-refractivity contribution in [2.24, 2.45) is 0 Å². The van der Waals surface area contributed by atoms with E-state index in [0.717, 1.165) is 25.3 Å². The Morgan fingerprint density at radius 1 is 1.20 bits per heavy atom. The fourth-order valence-corrected chi connectivity index (χ4v) is 2.03. The lowest BCUT2D eigenvalue weighted by molar-refractivity contribution is 0.266. The smallest absolute Gasteiger partial charge is 0.0490 e. The van der Waals surface area contributed by atoms with Crippen molar-refractivity contribution >= 4 is 0 Å². The van der Waals surface area contributed by atoms with E-state index in [1.165, 1.54) is 11.1 Å². The van der Waals surface area contributed by atoms with Crippen molar-refractivity contribution in [3.05, 3.63) is 53.3 Å². The fourth-order valence-electron chi connectivity index (χ4n) is 2.03. The summed E-state index contributed by atoms with van der Waals surface area (Å²) >= 11 is 0. The molecule has 20 heavy (non-hydrogen) atoms. The Balaban J connectivity index is 1.86. The van der Waals surface area contributed by atoms with Crippen LogP contribution >= 0.6 is 0 Å². The Morgan fingerprint density at radius 3 is 2.70 bits per heavy atom. The van der Waals surface area contributed by atoms with E-state index in [4.69, 9.17) is 0 Å². The first-order valence-electron chi connectivity index (χ1n) is 7.12. The lowest BCUT2D eigenvalue weighted by Gasteiger charge is -2.21. The van der Waals surface area contributed by atoms with Crippen LogP contribution in [0.1, 0.15) is 30.7 Å². The minimum absolute atomic E-state index is 0.567. The highest BCUT2D eigenvalue weighted by atomic mass is 15.1. The molecule has 0 aliphatic carbocycles. The van der Waals surface area contributed by atoms with Crippen LogP contribution in [-0.4, -0.2) is 28.2 Å². The summed E-state index contributed by atoms with van der Waals surface area (Å²) in [6.45, 7) is 7.12. The zero-order valence-corrected chi connectivity index (χ0v) is 12.6. The quantitative estimate of drug-likeness (QED) is 0.814. The molecule has 0 amide bonds. The molecule has 1 aromatic heterocycles. The highest BCUT2D eigenvalue weighted by molar-refractivity contribution is 5.23. The Bertz CT molecular complexity index is 505. The normalized spacial score (nSPS) is 11.4. The topological polar surface area (TPSA) is 44.0 Å². The van der Waals surface area contributed by atoms with Crippen LogP contribution in [0, 0.1) is 0 Å². The summed E-state index contributed by atoms with van der Waals surface area (Å²) in [5.74, 6) is 0. The molecule has 0 fully saturated rings. The van der Waals surface area contributed by atoms with E-state index in [-0.39, 0.29) is 0 Å². The molecule has 108 valence electrons. The SMILES string of the molecule is CC(C)N(C)Cc1cccc(CNCc2ccn[nH]2)c1. The van der Waals surface area contributed by atoms with Crippen molar-refractivity contribution in [1.82, 2.24) is 20.4 Å². The van der Waals surface area contributed by atoms with Crippen molar-refractivity contribution in [1.29, 1.82) is 0 Å². The minimum Gasteiger partial charge on any atom is -0.307 e. The molecule has 0 atom stereocenters. The third-order valence-corrected chi connectivity index (χ3v) is 3.51. The van der Waals surface area contributed by atoms with Gasteiger partial charge in [-0.05, 0) is 38.1 Å². The lowest BCUT2D eigenvalue weighted by Crippen LogP contribution is -2.25. The van der Waals surface area contributed by atoms with Gasteiger partial charge >= 0.3 is 0 Å². The first kappa shape index (κ1) is 14.8. The van der Waals surface area contributed by atoms with Crippen LogP contribution in [0.2, 0.25) is 0 Å². The van der Waals surface area contributed by atoms with Gasteiger partial charge in [-0.15, -0.1) is 0 Å². The molecule has 4 heteroatoms. The van der Waals surface area contributed by atoms with Crippen LogP contribution in [0.15, 0.2) is 36.5 Å². The molecule has 0 spiro atoms. The van der Waals surface area contributed by atoms with E-state index in [0.29, 0.717) is 6.04 Å². The van der Waals surface area contributed by atoms with Gasteiger partial charge in [-0.25, -0.2) is 0 Å². The molecule has 0 unspecified atom stereocenters. The molecule has 2 aromatic rings. The molecule has 0 saturated heterocycles. The van der Waals surface area contributed by atoms with Gasteiger partial charge in [-0.1, -0.05) is 24.3 Å². The number of hydrogen-bond donors (Lipinski definition) is 2. The largest absolute Gasteiger partial charge is 0.307 e. The van der Waals surface area contributed by atoms with Gasteiger partial charge in [0.05, 0.1) is 0 Å². The third-order valence-electron chi connectivity index (χ3n) is 3.51. The van der Waals surface area contributed by atoms with E-state index in [2.05, 4.69) is 65.6 Å². The lowest BCUT2D eigenvalue weighted by atomic mass is 10.1. The van der Waals surface area contributed by atoms with Crippen LogP contribution in [0.25, 0.3) is 0 Å². The summed E-state index contributed by atoms with van der Waals surface area (Å²) < 4.78 is 0. The van der Waals surface area contributed by atoms with Gasteiger partial charge < -0.3 is 5.32 Å². The highest BCUT2D eigenvalue weighted by Gasteiger charge is 2.04.